The van der Waals surface area contributed by atoms with Crippen LogP contribution in [-0.2, 0) is 0 Å². The van der Waals surface area contributed by atoms with E-state index in [4.69, 9.17) is 14.6 Å². The molecule has 0 amide bonds. The zero-order chi connectivity index (χ0) is 12.1. The number of halogens is 2. The monoisotopic (exact) mass is 236 g/mol. The first-order valence-corrected chi connectivity index (χ1v) is 4.37. The van der Waals surface area contributed by atoms with Gasteiger partial charge in [-0.2, -0.15) is 4.98 Å². The number of rotatable bonds is 6. The molecule has 0 radical (unpaired) electrons. The molecule has 0 bridgehead atoms. The second kappa shape index (κ2) is 5.40. The molecule has 0 saturated heterocycles. The van der Waals surface area contributed by atoms with Crippen LogP contribution in [0.3, 0.4) is 0 Å². The maximum atomic E-state index is 12.2. The van der Waals surface area contributed by atoms with Gasteiger partial charge in [0.25, 0.3) is 12.4 Å². The Morgan fingerprint density at radius 2 is 2.31 bits per heavy atom. The highest BCUT2D eigenvalue weighted by Gasteiger charge is 2.19. The maximum absolute atomic E-state index is 12.2. The molecule has 0 atom stereocenters. The summed E-state index contributed by atoms with van der Waals surface area (Å²) in [6, 6.07) is -0.244. The minimum Gasteiger partial charge on any atom is -0.476 e. The van der Waals surface area contributed by atoms with Gasteiger partial charge in [0.2, 0.25) is 0 Å². The topological polar surface area (TPSA) is 86.8 Å². The highest BCUT2D eigenvalue weighted by molar-refractivity contribution is 5.85. The van der Waals surface area contributed by atoms with Gasteiger partial charge in [0.15, 0.2) is 5.69 Å². The fraction of sp³-hybridized carbons (Fsp3) is 0.500. The number of anilines is 1. The van der Waals surface area contributed by atoms with Crippen LogP contribution in [0.5, 0.6) is 0 Å². The van der Waals surface area contributed by atoms with Crippen LogP contribution in [0.2, 0.25) is 0 Å². The summed E-state index contributed by atoms with van der Waals surface area (Å²) in [5.41, 5.74) is -0.368. The summed E-state index contributed by atoms with van der Waals surface area (Å²) >= 11 is 0. The molecule has 0 aliphatic heterocycles. The van der Waals surface area contributed by atoms with E-state index in [9.17, 15) is 13.6 Å². The van der Waals surface area contributed by atoms with Gasteiger partial charge in [0, 0.05) is 6.54 Å². The fourth-order valence-electron chi connectivity index (χ4n) is 1.06. The number of aromatic nitrogens is 1. The van der Waals surface area contributed by atoms with Gasteiger partial charge in [-0.1, -0.05) is 0 Å². The number of aromatic carboxylic acids is 1. The van der Waals surface area contributed by atoms with Gasteiger partial charge < -0.3 is 19.5 Å². The molecule has 1 aromatic heterocycles. The van der Waals surface area contributed by atoms with E-state index in [0.29, 0.717) is 0 Å². The number of aliphatic hydroxyl groups is 1. The number of carboxylic acids is 1. The predicted molar refractivity (Wildman–Crippen MR) is 48.8 cm³/mol. The normalized spacial score (nSPS) is 10.8. The van der Waals surface area contributed by atoms with Crippen molar-refractivity contribution in [1.82, 2.24) is 4.98 Å². The first kappa shape index (κ1) is 12.4. The van der Waals surface area contributed by atoms with Gasteiger partial charge >= 0.3 is 5.97 Å². The average molecular weight is 236 g/mol. The predicted octanol–water partition coefficient (Wildman–Crippen LogP) is 0.437. The highest BCUT2D eigenvalue weighted by Crippen LogP contribution is 2.14. The molecule has 0 saturated carbocycles. The van der Waals surface area contributed by atoms with E-state index in [-0.39, 0.29) is 24.9 Å². The minimum absolute atomic E-state index is 0.107. The first-order valence-electron chi connectivity index (χ1n) is 4.37. The Hall–Kier alpha value is -1.70. The Balaban J connectivity index is 2.79. The lowest BCUT2D eigenvalue weighted by Crippen LogP contribution is -2.31. The first-order chi connectivity index (χ1) is 7.54. The summed E-state index contributed by atoms with van der Waals surface area (Å²) in [6.45, 7) is -1.15. The molecule has 1 aromatic rings. The van der Waals surface area contributed by atoms with Crippen LogP contribution in [0.1, 0.15) is 10.5 Å². The van der Waals surface area contributed by atoms with Gasteiger partial charge in [-0.3, -0.25) is 0 Å². The molecular weight excluding hydrogens is 226 g/mol. The van der Waals surface area contributed by atoms with Gasteiger partial charge in [0.1, 0.15) is 6.26 Å². The number of carboxylic acid groups (broad SMARTS) is 1. The van der Waals surface area contributed by atoms with Crippen molar-refractivity contribution in [3.63, 3.8) is 0 Å². The number of hydrogen-bond acceptors (Lipinski definition) is 5. The fourth-order valence-corrected chi connectivity index (χ4v) is 1.06. The van der Waals surface area contributed by atoms with Crippen LogP contribution >= 0.6 is 0 Å². The van der Waals surface area contributed by atoms with Crippen molar-refractivity contribution in [2.45, 2.75) is 6.43 Å². The summed E-state index contributed by atoms with van der Waals surface area (Å²) in [6.07, 6.45) is -1.78. The summed E-state index contributed by atoms with van der Waals surface area (Å²) in [4.78, 5) is 14.9. The van der Waals surface area contributed by atoms with Crippen molar-refractivity contribution in [3.05, 3.63) is 12.0 Å². The van der Waals surface area contributed by atoms with E-state index in [2.05, 4.69) is 4.98 Å². The van der Waals surface area contributed by atoms with Crippen LogP contribution in [0, 0.1) is 0 Å². The largest absolute Gasteiger partial charge is 0.476 e. The number of aliphatic hydroxyl groups excluding tert-OH is 1. The number of hydrogen-bond donors (Lipinski definition) is 2. The van der Waals surface area contributed by atoms with Crippen molar-refractivity contribution >= 4 is 12.0 Å². The van der Waals surface area contributed by atoms with E-state index < -0.39 is 18.9 Å². The minimum atomic E-state index is -2.63. The second-order valence-corrected chi connectivity index (χ2v) is 2.88. The van der Waals surface area contributed by atoms with Crippen LogP contribution in [-0.4, -0.2) is 47.3 Å². The van der Waals surface area contributed by atoms with Crippen molar-refractivity contribution < 1.29 is 28.2 Å². The zero-order valence-electron chi connectivity index (χ0n) is 8.14. The van der Waals surface area contributed by atoms with Crippen molar-refractivity contribution in [2.75, 3.05) is 24.6 Å². The van der Waals surface area contributed by atoms with Crippen molar-refractivity contribution in [3.8, 4) is 0 Å². The van der Waals surface area contributed by atoms with Gasteiger partial charge in [0.05, 0.1) is 13.2 Å². The maximum Gasteiger partial charge on any atom is 0.357 e. The quantitative estimate of drug-likeness (QED) is 0.745. The molecule has 6 nitrogen and oxygen atoms in total. The number of nitrogens with zero attached hydrogens (tertiary/aromatic N) is 2. The standard InChI is InChI=1S/C8H10F2N2O4/c9-6(10)3-12(1-2-13)8-11-5(4-16-8)7(14)15/h4,6,13H,1-3H2,(H,14,15). The van der Waals surface area contributed by atoms with Crippen LogP contribution < -0.4 is 4.90 Å². The lowest BCUT2D eigenvalue weighted by molar-refractivity contribution is 0.0690. The summed E-state index contributed by atoms with van der Waals surface area (Å²) < 4.78 is 29.0. The van der Waals surface area contributed by atoms with E-state index in [1.165, 1.54) is 0 Å². The third kappa shape index (κ3) is 3.16. The molecule has 90 valence electrons. The molecule has 0 unspecified atom stereocenters. The summed E-state index contributed by atoms with van der Waals surface area (Å²) in [5.74, 6) is -1.31. The second-order valence-electron chi connectivity index (χ2n) is 2.88. The Bertz CT molecular complexity index is 356. The third-order valence-electron chi connectivity index (χ3n) is 1.71. The summed E-state index contributed by atoms with van der Waals surface area (Å²) in [7, 11) is 0. The molecule has 0 spiro atoms. The molecule has 0 aromatic carbocycles. The molecule has 0 aliphatic carbocycles. The molecule has 0 aliphatic rings. The van der Waals surface area contributed by atoms with Gasteiger partial charge in [-0.15, -0.1) is 0 Å². The van der Waals surface area contributed by atoms with E-state index in [0.717, 1.165) is 11.2 Å². The third-order valence-corrected chi connectivity index (χ3v) is 1.71. The lowest BCUT2D eigenvalue weighted by Gasteiger charge is -2.18. The average Bonchev–Trinajstić information content (AvgIpc) is 2.65. The molecule has 1 rings (SSSR count). The van der Waals surface area contributed by atoms with Crippen molar-refractivity contribution in [1.29, 1.82) is 0 Å². The number of alkyl halides is 2. The Kier molecular flexibility index (Phi) is 4.18. The van der Waals surface area contributed by atoms with Crippen LogP contribution in [0.25, 0.3) is 0 Å². The van der Waals surface area contributed by atoms with E-state index in [1.807, 2.05) is 0 Å². The van der Waals surface area contributed by atoms with Crippen LogP contribution in [0.15, 0.2) is 10.7 Å². The molecule has 8 heteroatoms. The lowest BCUT2D eigenvalue weighted by atomic mass is 10.5. The molecule has 0 fully saturated rings. The van der Waals surface area contributed by atoms with Gasteiger partial charge in [-0.25, -0.2) is 13.6 Å². The molecule has 16 heavy (non-hydrogen) atoms. The Labute approximate surface area is 89.1 Å². The smallest absolute Gasteiger partial charge is 0.357 e. The SMILES string of the molecule is O=C(O)c1coc(N(CCO)CC(F)F)n1. The number of oxazole rings is 1. The highest BCUT2D eigenvalue weighted by atomic mass is 19.3. The molecule has 1 heterocycles. The Morgan fingerprint density at radius 3 is 2.75 bits per heavy atom. The van der Waals surface area contributed by atoms with Crippen molar-refractivity contribution in [2.24, 2.45) is 0 Å². The van der Waals surface area contributed by atoms with E-state index in [1.54, 1.807) is 0 Å². The van der Waals surface area contributed by atoms with E-state index >= 15 is 0 Å². The van der Waals surface area contributed by atoms with Crippen LogP contribution in [0.4, 0.5) is 14.8 Å². The molecule has 2 N–H and O–H groups in total. The summed E-state index contributed by atoms with van der Waals surface area (Å²) in [5, 5.41) is 17.2. The Morgan fingerprint density at radius 1 is 1.62 bits per heavy atom. The molecular formula is C8H10F2N2O4. The number of carbonyl (C=O) groups is 1. The zero-order valence-corrected chi connectivity index (χ0v) is 8.14. The van der Waals surface area contributed by atoms with Gasteiger partial charge in [-0.05, 0) is 0 Å².